The molecule has 0 aliphatic carbocycles. The molecule has 5 heteroatoms. The van der Waals surface area contributed by atoms with Crippen LogP contribution in [0.25, 0.3) is 0 Å². The van der Waals surface area contributed by atoms with Crippen LogP contribution in [0.3, 0.4) is 0 Å². The van der Waals surface area contributed by atoms with Gasteiger partial charge in [-0.3, -0.25) is 0 Å². The summed E-state index contributed by atoms with van der Waals surface area (Å²) >= 11 is 1.54. The van der Waals surface area contributed by atoms with Crippen LogP contribution in [0.4, 0.5) is 11.4 Å². The Bertz CT molecular complexity index is 639. The van der Waals surface area contributed by atoms with Gasteiger partial charge in [0.15, 0.2) is 5.17 Å². The molecular weight excluding hydrogens is 294 g/mol. The van der Waals surface area contributed by atoms with Crippen LogP contribution in [0, 0.1) is 0 Å². The first kappa shape index (κ1) is 16.2. The highest BCUT2D eigenvalue weighted by Gasteiger charge is 2.05. The fourth-order valence-corrected chi connectivity index (χ4v) is 2.75. The third kappa shape index (κ3) is 4.43. The summed E-state index contributed by atoms with van der Waals surface area (Å²) in [6.07, 6.45) is 0. The monoisotopic (exact) mass is 315 g/mol. The third-order valence-electron chi connectivity index (χ3n) is 3.16. The van der Waals surface area contributed by atoms with E-state index in [0.717, 1.165) is 17.2 Å². The van der Waals surface area contributed by atoms with Crippen LogP contribution in [-0.2, 0) is 5.75 Å². The molecule has 22 heavy (non-hydrogen) atoms. The van der Waals surface area contributed by atoms with Gasteiger partial charge in [0.25, 0.3) is 0 Å². The minimum absolute atomic E-state index is 0.554. The summed E-state index contributed by atoms with van der Waals surface area (Å²) in [5.74, 6) is 1.60. The van der Waals surface area contributed by atoms with Crippen molar-refractivity contribution < 1.29 is 4.74 Å². The molecule has 2 aromatic rings. The topological polar surface area (TPSA) is 50.9 Å². The molecule has 0 amide bonds. The van der Waals surface area contributed by atoms with Crippen molar-refractivity contribution >= 4 is 28.3 Å². The molecule has 0 aliphatic rings. The quantitative estimate of drug-likeness (QED) is 0.676. The minimum atomic E-state index is 0.554. The smallest absolute Gasteiger partial charge is 0.159 e. The Morgan fingerprint density at radius 2 is 1.82 bits per heavy atom. The Hall–Kier alpha value is -2.14. The minimum Gasteiger partial charge on any atom is -0.497 e. The molecular formula is C17H21N3OS. The molecule has 0 bridgehead atoms. The number of para-hydroxylation sites is 1. The second-order valence-corrected chi connectivity index (χ2v) is 5.96. The highest BCUT2D eigenvalue weighted by Crippen LogP contribution is 2.24. The number of benzene rings is 2. The van der Waals surface area contributed by atoms with Crippen LogP contribution in [0.15, 0.2) is 53.5 Å². The maximum atomic E-state index is 6.02. The molecule has 4 nitrogen and oxygen atoms in total. The van der Waals surface area contributed by atoms with E-state index in [1.54, 1.807) is 7.11 Å². The number of hydrogen-bond acceptors (Lipinski definition) is 4. The van der Waals surface area contributed by atoms with Crippen LogP contribution in [0.2, 0.25) is 0 Å². The third-order valence-corrected chi connectivity index (χ3v) is 4.00. The predicted molar refractivity (Wildman–Crippen MR) is 96.3 cm³/mol. The van der Waals surface area contributed by atoms with Crippen LogP contribution in [0.5, 0.6) is 5.75 Å². The van der Waals surface area contributed by atoms with Crippen molar-refractivity contribution in [2.45, 2.75) is 5.75 Å². The molecule has 0 unspecified atom stereocenters. The number of aliphatic imine (C=N–C) groups is 1. The number of hydrogen-bond donors (Lipinski definition) is 1. The van der Waals surface area contributed by atoms with E-state index in [9.17, 15) is 0 Å². The van der Waals surface area contributed by atoms with E-state index in [0.29, 0.717) is 5.17 Å². The summed E-state index contributed by atoms with van der Waals surface area (Å²) in [7, 11) is 5.72. The summed E-state index contributed by atoms with van der Waals surface area (Å²) < 4.78 is 5.13. The molecule has 0 radical (unpaired) electrons. The Kier molecular flexibility index (Phi) is 5.72. The summed E-state index contributed by atoms with van der Waals surface area (Å²) in [4.78, 5) is 6.52. The Morgan fingerprint density at radius 3 is 2.45 bits per heavy atom. The zero-order chi connectivity index (χ0) is 15.9. The lowest BCUT2D eigenvalue weighted by Crippen LogP contribution is -2.12. The zero-order valence-corrected chi connectivity index (χ0v) is 13.9. The number of nitrogens with zero attached hydrogens (tertiary/aromatic N) is 2. The van der Waals surface area contributed by atoms with Gasteiger partial charge in [0.1, 0.15) is 5.75 Å². The first-order valence-electron chi connectivity index (χ1n) is 6.96. The maximum Gasteiger partial charge on any atom is 0.159 e. The van der Waals surface area contributed by atoms with E-state index in [4.69, 9.17) is 10.5 Å². The molecule has 0 heterocycles. The van der Waals surface area contributed by atoms with Gasteiger partial charge in [-0.2, -0.15) is 0 Å². The number of amidine groups is 1. The Balaban J connectivity index is 2.03. The van der Waals surface area contributed by atoms with E-state index in [1.165, 1.54) is 23.0 Å². The summed E-state index contributed by atoms with van der Waals surface area (Å²) in [6, 6.07) is 15.8. The molecule has 2 N–H and O–H groups in total. The van der Waals surface area contributed by atoms with Gasteiger partial charge in [0.2, 0.25) is 0 Å². The number of nitrogens with two attached hydrogens (primary N) is 1. The van der Waals surface area contributed by atoms with Gasteiger partial charge in [-0.1, -0.05) is 30.0 Å². The van der Waals surface area contributed by atoms with Crippen LogP contribution < -0.4 is 15.4 Å². The van der Waals surface area contributed by atoms with Gasteiger partial charge < -0.3 is 15.4 Å². The predicted octanol–water partition coefficient (Wildman–Crippen LogP) is 3.64. The molecule has 0 spiro atoms. The SMILES string of the molecule is COc1ccc(N=C(N)SCc2ccccc2N(C)C)cc1. The number of ether oxygens (including phenoxy) is 1. The average Bonchev–Trinajstić information content (AvgIpc) is 2.54. The lowest BCUT2D eigenvalue weighted by Gasteiger charge is -2.16. The summed E-state index contributed by atoms with van der Waals surface area (Å²) in [5, 5.41) is 0.554. The highest BCUT2D eigenvalue weighted by atomic mass is 32.2. The lowest BCUT2D eigenvalue weighted by molar-refractivity contribution is 0.415. The molecule has 0 aliphatic heterocycles. The molecule has 0 saturated heterocycles. The van der Waals surface area contributed by atoms with Crippen molar-refractivity contribution in [3.63, 3.8) is 0 Å². The number of anilines is 1. The first-order valence-corrected chi connectivity index (χ1v) is 7.95. The van der Waals surface area contributed by atoms with Crippen LogP contribution in [0.1, 0.15) is 5.56 Å². The standard InChI is InChI=1S/C17H21N3OS/c1-20(2)16-7-5-4-6-13(16)12-22-17(18)19-14-8-10-15(21-3)11-9-14/h4-11H,12H2,1-3H3,(H2,18,19). The molecule has 2 rings (SSSR count). The second kappa shape index (κ2) is 7.75. The van der Waals surface area contributed by atoms with Crippen molar-refractivity contribution in [3.8, 4) is 5.75 Å². The fourth-order valence-electron chi connectivity index (χ4n) is 2.04. The Labute approximate surface area is 136 Å². The number of thioether (sulfide) groups is 1. The van der Waals surface area contributed by atoms with Gasteiger partial charge >= 0.3 is 0 Å². The average molecular weight is 315 g/mol. The van der Waals surface area contributed by atoms with E-state index in [1.807, 2.05) is 50.5 Å². The van der Waals surface area contributed by atoms with E-state index in [2.05, 4.69) is 22.0 Å². The molecule has 0 aromatic heterocycles. The Morgan fingerprint density at radius 1 is 1.14 bits per heavy atom. The van der Waals surface area contributed by atoms with Gasteiger partial charge in [0, 0.05) is 25.5 Å². The molecule has 116 valence electrons. The van der Waals surface area contributed by atoms with Crippen molar-refractivity contribution in [1.29, 1.82) is 0 Å². The van der Waals surface area contributed by atoms with Crippen molar-refractivity contribution in [2.75, 3.05) is 26.1 Å². The van der Waals surface area contributed by atoms with Crippen molar-refractivity contribution in [3.05, 3.63) is 54.1 Å². The molecule has 0 fully saturated rings. The van der Waals surface area contributed by atoms with Crippen LogP contribution >= 0.6 is 11.8 Å². The highest BCUT2D eigenvalue weighted by molar-refractivity contribution is 8.13. The maximum absolute atomic E-state index is 6.02. The van der Waals surface area contributed by atoms with Gasteiger partial charge in [0.05, 0.1) is 12.8 Å². The number of methoxy groups -OCH3 is 1. The van der Waals surface area contributed by atoms with Crippen molar-refractivity contribution in [2.24, 2.45) is 10.7 Å². The zero-order valence-electron chi connectivity index (χ0n) is 13.1. The number of rotatable bonds is 5. The van der Waals surface area contributed by atoms with E-state index < -0.39 is 0 Å². The summed E-state index contributed by atoms with van der Waals surface area (Å²) in [5.41, 5.74) is 9.29. The largest absolute Gasteiger partial charge is 0.497 e. The van der Waals surface area contributed by atoms with E-state index >= 15 is 0 Å². The fraction of sp³-hybridized carbons (Fsp3) is 0.235. The lowest BCUT2D eigenvalue weighted by atomic mass is 10.2. The van der Waals surface area contributed by atoms with Gasteiger partial charge in [-0.05, 0) is 35.9 Å². The summed E-state index contributed by atoms with van der Waals surface area (Å²) in [6.45, 7) is 0. The molecule has 0 saturated carbocycles. The van der Waals surface area contributed by atoms with Crippen molar-refractivity contribution in [1.82, 2.24) is 0 Å². The molecule has 2 aromatic carbocycles. The second-order valence-electron chi connectivity index (χ2n) is 4.96. The van der Waals surface area contributed by atoms with Gasteiger partial charge in [-0.25, -0.2) is 4.99 Å². The van der Waals surface area contributed by atoms with E-state index in [-0.39, 0.29) is 0 Å². The normalized spacial score (nSPS) is 11.3. The first-order chi connectivity index (χ1) is 10.6. The van der Waals surface area contributed by atoms with Gasteiger partial charge in [-0.15, -0.1) is 0 Å². The van der Waals surface area contributed by atoms with Crippen LogP contribution in [-0.4, -0.2) is 26.4 Å². The molecule has 0 atom stereocenters.